The fraction of sp³-hybridized carbons (Fsp3) is 0.611. The van der Waals surface area contributed by atoms with Crippen LogP contribution in [0.5, 0.6) is 0 Å². The highest BCUT2D eigenvalue weighted by molar-refractivity contribution is 7.92. The Morgan fingerprint density at radius 3 is 2.25 bits per heavy atom. The summed E-state index contributed by atoms with van der Waals surface area (Å²) < 4.78 is 26.0. The van der Waals surface area contributed by atoms with Crippen LogP contribution in [0.15, 0.2) is 18.2 Å². The predicted octanol–water partition coefficient (Wildman–Crippen LogP) is 2.86. The number of benzene rings is 1. The molecule has 5 nitrogen and oxygen atoms in total. The number of rotatable bonds is 5. The second kappa shape index (κ2) is 7.13. The van der Waals surface area contributed by atoms with Crippen molar-refractivity contribution in [2.75, 3.05) is 17.6 Å². The molecule has 0 radical (unpaired) electrons. The van der Waals surface area contributed by atoms with E-state index in [0.29, 0.717) is 5.69 Å². The highest BCUT2D eigenvalue weighted by atomic mass is 32.2. The van der Waals surface area contributed by atoms with E-state index in [0.717, 1.165) is 43.1 Å². The summed E-state index contributed by atoms with van der Waals surface area (Å²) in [4.78, 5) is 14.6. The monoisotopic (exact) mass is 352 g/mol. The molecule has 0 unspecified atom stereocenters. The lowest BCUT2D eigenvalue weighted by molar-refractivity contribution is -0.132. The molecule has 1 aromatic carbocycles. The minimum Gasteiger partial charge on any atom is -0.341 e. The molecule has 1 fully saturated rings. The zero-order chi connectivity index (χ0) is 18.1. The Balaban J connectivity index is 2.33. The third-order valence-corrected chi connectivity index (χ3v) is 6.27. The average Bonchev–Trinajstić information content (AvgIpc) is 3.02. The van der Waals surface area contributed by atoms with Gasteiger partial charge in [0.2, 0.25) is 15.9 Å². The van der Waals surface area contributed by atoms with Gasteiger partial charge in [-0.15, -0.1) is 0 Å². The van der Waals surface area contributed by atoms with Gasteiger partial charge in [-0.3, -0.25) is 9.10 Å². The molecule has 1 atom stereocenters. The maximum absolute atomic E-state index is 12.9. The molecule has 0 aliphatic heterocycles. The minimum absolute atomic E-state index is 0.148. The molecule has 1 aliphatic rings. The van der Waals surface area contributed by atoms with Crippen LogP contribution in [0.1, 0.15) is 43.7 Å². The highest BCUT2D eigenvalue weighted by Gasteiger charge is 2.34. The first-order chi connectivity index (χ1) is 11.1. The minimum atomic E-state index is -3.56. The Morgan fingerprint density at radius 1 is 1.17 bits per heavy atom. The van der Waals surface area contributed by atoms with E-state index >= 15 is 0 Å². The maximum Gasteiger partial charge on any atom is 0.246 e. The Labute approximate surface area is 145 Å². The quantitative estimate of drug-likeness (QED) is 0.819. The summed E-state index contributed by atoms with van der Waals surface area (Å²) in [6.45, 7) is 5.59. The molecule has 6 heteroatoms. The number of amides is 1. The van der Waals surface area contributed by atoms with Crippen LogP contribution in [0, 0.1) is 13.8 Å². The molecule has 1 aliphatic carbocycles. The van der Waals surface area contributed by atoms with Gasteiger partial charge in [-0.1, -0.05) is 18.9 Å². The smallest absolute Gasteiger partial charge is 0.246 e. The fourth-order valence-corrected chi connectivity index (χ4v) is 4.59. The standard InChI is InChI=1S/C18H28N2O3S/c1-13-10-11-17(12-14(13)2)20(24(5,22)23)15(3)18(21)19(4)16-8-6-7-9-16/h10-12,15-16H,6-9H2,1-5H3/t15-/m1/s1. The second-order valence-electron chi connectivity index (χ2n) is 6.89. The van der Waals surface area contributed by atoms with Crippen molar-refractivity contribution < 1.29 is 13.2 Å². The van der Waals surface area contributed by atoms with Crippen LogP contribution in [0.25, 0.3) is 0 Å². The summed E-state index contributed by atoms with van der Waals surface area (Å²) in [7, 11) is -1.78. The number of carbonyl (C=O) groups is 1. The molecule has 2 rings (SSSR count). The van der Waals surface area contributed by atoms with Gasteiger partial charge < -0.3 is 4.90 Å². The van der Waals surface area contributed by atoms with Crippen LogP contribution in [-0.2, 0) is 14.8 Å². The Morgan fingerprint density at radius 2 is 1.75 bits per heavy atom. The molecule has 0 aromatic heterocycles. The number of nitrogens with zero attached hydrogens (tertiary/aromatic N) is 2. The third-order valence-electron chi connectivity index (χ3n) is 5.03. The Bertz CT molecular complexity index is 709. The van der Waals surface area contributed by atoms with Crippen molar-refractivity contribution in [2.24, 2.45) is 0 Å². The number of carbonyl (C=O) groups excluding carboxylic acids is 1. The van der Waals surface area contributed by atoms with E-state index < -0.39 is 16.1 Å². The largest absolute Gasteiger partial charge is 0.341 e. The number of hydrogen-bond acceptors (Lipinski definition) is 3. The van der Waals surface area contributed by atoms with E-state index in [4.69, 9.17) is 0 Å². The Hall–Kier alpha value is -1.56. The number of likely N-dealkylation sites (N-methyl/N-ethyl adjacent to an activating group) is 1. The Kier molecular flexibility index (Phi) is 5.58. The molecular weight excluding hydrogens is 324 g/mol. The number of aryl methyl sites for hydroxylation is 2. The molecule has 0 saturated heterocycles. The van der Waals surface area contributed by atoms with E-state index in [2.05, 4.69) is 0 Å². The van der Waals surface area contributed by atoms with Crippen LogP contribution in [0.4, 0.5) is 5.69 Å². The fourth-order valence-electron chi connectivity index (χ4n) is 3.43. The summed E-state index contributed by atoms with van der Waals surface area (Å²) in [5, 5.41) is 0. The van der Waals surface area contributed by atoms with Crippen molar-refractivity contribution in [3.05, 3.63) is 29.3 Å². The molecule has 0 spiro atoms. The van der Waals surface area contributed by atoms with E-state index in [-0.39, 0.29) is 11.9 Å². The molecule has 24 heavy (non-hydrogen) atoms. The van der Waals surface area contributed by atoms with Gasteiger partial charge in [-0.2, -0.15) is 0 Å². The van der Waals surface area contributed by atoms with Gasteiger partial charge in [0.15, 0.2) is 0 Å². The van der Waals surface area contributed by atoms with Crippen LogP contribution in [0.3, 0.4) is 0 Å². The van der Waals surface area contributed by atoms with Gasteiger partial charge >= 0.3 is 0 Å². The molecule has 0 N–H and O–H groups in total. The molecule has 1 amide bonds. The first-order valence-electron chi connectivity index (χ1n) is 8.46. The van der Waals surface area contributed by atoms with Crippen LogP contribution >= 0.6 is 0 Å². The van der Waals surface area contributed by atoms with Gasteiger partial charge in [0.25, 0.3) is 0 Å². The summed E-state index contributed by atoms with van der Waals surface area (Å²) >= 11 is 0. The van der Waals surface area contributed by atoms with Crippen LogP contribution < -0.4 is 4.31 Å². The highest BCUT2D eigenvalue weighted by Crippen LogP contribution is 2.27. The zero-order valence-electron chi connectivity index (χ0n) is 15.2. The van der Waals surface area contributed by atoms with Crippen LogP contribution in [0.2, 0.25) is 0 Å². The topological polar surface area (TPSA) is 57.7 Å². The zero-order valence-corrected chi connectivity index (χ0v) is 16.1. The number of sulfonamides is 1. The molecule has 1 aromatic rings. The van der Waals surface area contributed by atoms with Gasteiger partial charge in [0.05, 0.1) is 11.9 Å². The average molecular weight is 353 g/mol. The molecule has 0 heterocycles. The SMILES string of the molecule is Cc1ccc(N([C@H](C)C(=O)N(C)C2CCCC2)S(C)(=O)=O)cc1C. The second-order valence-corrected chi connectivity index (χ2v) is 8.75. The molecule has 0 bridgehead atoms. The van der Waals surface area contributed by atoms with E-state index in [1.54, 1.807) is 24.9 Å². The van der Waals surface area contributed by atoms with E-state index in [1.807, 2.05) is 26.0 Å². The first-order valence-corrected chi connectivity index (χ1v) is 10.3. The van der Waals surface area contributed by atoms with Crippen molar-refractivity contribution in [2.45, 2.75) is 58.5 Å². The lowest BCUT2D eigenvalue weighted by atomic mass is 10.1. The summed E-state index contributed by atoms with van der Waals surface area (Å²) in [6.07, 6.45) is 5.41. The van der Waals surface area contributed by atoms with Crippen molar-refractivity contribution in [3.8, 4) is 0 Å². The lowest BCUT2D eigenvalue weighted by Gasteiger charge is -2.33. The molecular formula is C18H28N2O3S. The van der Waals surface area contributed by atoms with Gasteiger partial charge in [-0.05, 0) is 56.9 Å². The summed E-state index contributed by atoms with van der Waals surface area (Å²) in [5.41, 5.74) is 2.64. The maximum atomic E-state index is 12.9. The normalized spacial score (nSPS) is 16.9. The van der Waals surface area contributed by atoms with Gasteiger partial charge in [-0.25, -0.2) is 8.42 Å². The summed E-state index contributed by atoms with van der Waals surface area (Å²) in [6, 6.07) is 4.95. The third kappa shape index (κ3) is 3.91. The van der Waals surface area contributed by atoms with Crippen molar-refractivity contribution in [1.82, 2.24) is 4.90 Å². The summed E-state index contributed by atoms with van der Waals surface area (Å²) in [5.74, 6) is -0.148. The number of anilines is 1. The van der Waals surface area contributed by atoms with E-state index in [1.165, 1.54) is 4.31 Å². The van der Waals surface area contributed by atoms with Crippen LogP contribution in [-0.4, -0.2) is 44.6 Å². The van der Waals surface area contributed by atoms with Crippen molar-refractivity contribution in [3.63, 3.8) is 0 Å². The van der Waals surface area contributed by atoms with E-state index in [9.17, 15) is 13.2 Å². The molecule has 134 valence electrons. The number of hydrogen-bond donors (Lipinski definition) is 0. The van der Waals surface area contributed by atoms with Crippen molar-refractivity contribution in [1.29, 1.82) is 0 Å². The van der Waals surface area contributed by atoms with Gasteiger partial charge in [0.1, 0.15) is 6.04 Å². The molecule has 1 saturated carbocycles. The predicted molar refractivity (Wildman–Crippen MR) is 97.7 cm³/mol. The lowest BCUT2D eigenvalue weighted by Crippen LogP contribution is -2.50. The van der Waals surface area contributed by atoms with Crippen molar-refractivity contribution >= 4 is 21.6 Å². The van der Waals surface area contributed by atoms with Gasteiger partial charge in [0, 0.05) is 13.1 Å². The first kappa shape index (κ1) is 18.8.